The molecule has 2 heterocycles. The van der Waals surface area contributed by atoms with Gasteiger partial charge in [0.2, 0.25) is 5.91 Å². The van der Waals surface area contributed by atoms with E-state index in [-0.39, 0.29) is 30.5 Å². The number of hydrogen-bond acceptors (Lipinski definition) is 6. The lowest BCUT2D eigenvalue weighted by Gasteiger charge is -2.32. The van der Waals surface area contributed by atoms with Crippen molar-refractivity contribution in [2.24, 2.45) is 5.92 Å². The maximum absolute atomic E-state index is 12.8. The summed E-state index contributed by atoms with van der Waals surface area (Å²) in [6.07, 6.45) is 6.13. The molecule has 0 bridgehead atoms. The number of rotatable bonds is 4. The minimum absolute atomic E-state index is 0.130. The molecular formula is C21H28N2O5. The second-order valence-corrected chi connectivity index (χ2v) is 7.82. The third-order valence-electron chi connectivity index (χ3n) is 6.05. The first kappa shape index (κ1) is 19.1. The summed E-state index contributed by atoms with van der Waals surface area (Å²) in [5.74, 6) is 1.46. The molecule has 4 rings (SSSR count). The Hall–Kier alpha value is -2.28. The van der Waals surface area contributed by atoms with Crippen LogP contribution >= 0.6 is 0 Å². The van der Waals surface area contributed by atoms with Crippen LogP contribution in [-0.4, -0.2) is 55.7 Å². The number of amides is 1. The van der Waals surface area contributed by atoms with E-state index in [1.165, 1.54) is 13.5 Å². The summed E-state index contributed by atoms with van der Waals surface area (Å²) >= 11 is 0. The summed E-state index contributed by atoms with van der Waals surface area (Å²) in [5.41, 5.74) is 0.670. The average molecular weight is 388 g/mol. The predicted octanol–water partition coefficient (Wildman–Crippen LogP) is 2.59. The zero-order valence-electron chi connectivity index (χ0n) is 16.3. The van der Waals surface area contributed by atoms with Crippen molar-refractivity contribution in [3.63, 3.8) is 0 Å². The smallest absolute Gasteiger partial charge is 0.323 e. The highest BCUT2D eigenvalue weighted by Crippen LogP contribution is 2.40. The van der Waals surface area contributed by atoms with Crippen molar-refractivity contribution in [3.05, 3.63) is 18.2 Å². The number of carbonyl (C=O) groups excluding carboxylic acids is 2. The number of hydrogen-bond donors (Lipinski definition) is 1. The zero-order valence-corrected chi connectivity index (χ0v) is 16.3. The highest BCUT2D eigenvalue weighted by molar-refractivity contribution is 5.93. The average Bonchev–Trinajstić information content (AvgIpc) is 2.90. The molecule has 1 saturated heterocycles. The third-order valence-corrected chi connectivity index (χ3v) is 6.05. The largest absolute Gasteiger partial charge is 0.490 e. The number of carbonyl (C=O) groups is 2. The van der Waals surface area contributed by atoms with Gasteiger partial charge in [0, 0.05) is 24.2 Å². The Kier molecular flexibility index (Phi) is 5.71. The molecular weight excluding hydrogens is 360 g/mol. The fourth-order valence-electron chi connectivity index (χ4n) is 4.76. The van der Waals surface area contributed by atoms with Crippen LogP contribution < -0.4 is 14.8 Å². The molecule has 0 aromatic heterocycles. The van der Waals surface area contributed by atoms with E-state index in [0.29, 0.717) is 36.3 Å². The van der Waals surface area contributed by atoms with Gasteiger partial charge in [-0.3, -0.25) is 14.5 Å². The van der Waals surface area contributed by atoms with Crippen LogP contribution in [0.25, 0.3) is 0 Å². The molecule has 3 atom stereocenters. The molecule has 7 nitrogen and oxygen atoms in total. The third kappa shape index (κ3) is 3.94. The van der Waals surface area contributed by atoms with E-state index in [9.17, 15) is 9.59 Å². The molecule has 1 N–H and O–H groups in total. The van der Waals surface area contributed by atoms with Crippen LogP contribution in [-0.2, 0) is 14.3 Å². The van der Waals surface area contributed by atoms with Crippen LogP contribution in [0, 0.1) is 5.92 Å². The molecule has 0 unspecified atom stereocenters. The second-order valence-electron chi connectivity index (χ2n) is 7.82. The molecule has 1 saturated carbocycles. The molecule has 2 aliphatic heterocycles. The molecule has 0 spiro atoms. The molecule has 28 heavy (non-hydrogen) atoms. The summed E-state index contributed by atoms with van der Waals surface area (Å²) < 4.78 is 16.3. The number of methoxy groups -OCH3 is 1. The SMILES string of the molecule is COC(=O)[C@@H]1C[C@H]2CCCC[C@@H]2N1CC(=O)Nc1ccc2c(c1)OCCCO2. The number of nitrogens with zero attached hydrogens (tertiary/aromatic N) is 1. The summed E-state index contributed by atoms with van der Waals surface area (Å²) in [6.45, 7) is 1.42. The van der Waals surface area contributed by atoms with Crippen molar-refractivity contribution in [1.82, 2.24) is 4.90 Å². The minimum atomic E-state index is -0.326. The van der Waals surface area contributed by atoms with Gasteiger partial charge in [-0.15, -0.1) is 0 Å². The van der Waals surface area contributed by atoms with Gasteiger partial charge in [0.25, 0.3) is 0 Å². The molecule has 152 valence electrons. The van der Waals surface area contributed by atoms with E-state index in [1.54, 1.807) is 6.07 Å². The van der Waals surface area contributed by atoms with Gasteiger partial charge >= 0.3 is 5.97 Å². The molecule has 7 heteroatoms. The Morgan fingerprint density at radius 1 is 1.14 bits per heavy atom. The van der Waals surface area contributed by atoms with Crippen molar-refractivity contribution < 1.29 is 23.8 Å². The summed E-state index contributed by atoms with van der Waals surface area (Å²) in [4.78, 5) is 27.1. The van der Waals surface area contributed by atoms with Gasteiger partial charge in [-0.25, -0.2) is 0 Å². The van der Waals surface area contributed by atoms with Gasteiger partial charge in [-0.2, -0.15) is 0 Å². The number of anilines is 1. The fourth-order valence-corrected chi connectivity index (χ4v) is 4.76. The fraction of sp³-hybridized carbons (Fsp3) is 0.619. The van der Waals surface area contributed by atoms with Gasteiger partial charge in [-0.05, 0) is 37.3 Å². The van der Waals surface area contributed by atoms with Gasteiger partial charge in [0.15, 0.2) is 11.5 Å². The van der Waals surface area contributed by atoms with Crippen LogP contribution in [0.3, 0.4) is 0 Å². The highest BCUT2D eigenvalue weighted by atomic mass is 16.5. The van der Waals surface area contributed by atoms with Crippen LogP contribution in [0.5, 0.6) is 11.5 Å². The van der Waals surface area contributed by atoms with Gasteiger partial charge in [-0.1, -0.05) is 12.8 Å². The molecule has 1 aromatic rings. The number of likely N-dealkylation sites (tertiary alicyclic amines) is 1. The van der Waals surface area contributed by atoms with Crippen molar-refractivity contribution >= 4 is 17.6 Å². The minimum Gasteiger partial charge on any atom is -0.490 e. The maximum Gasteiger partial charge on any atom is 0.323 e. The second kappa shape index (κ2) is 8.39. The van der Waals surface area contributed by atoms with E-state index in [1.807, 2.05) is 17.0 Å². The van der Waals surface area contributed by atoms with E-state index >= 15 is 0 Å². The van der Waals surface area contributed by atoms with Crippen LogP contribution in [0.2, 0.25) is 0 Å². The van der Waals surface area contributed by atoms with Crippen molar-refractivity contribution in [1.29, 1.82) is 0 Å². The maximum atomic E-state index is 12.8. The van der Waals surface area contributed by atoms with Crippen molar-refractivity contribution in [2.75, 3.05) is 32.2 Å². The quantitative estimate of drug-likeness (QED) is 0.799. The standard InChI is InChI=1S/C21H28N2O5/c1-26-21(25)17-11-14-5-2-3-6-16(14)23(17)13-20(24)22-15-7-8-18-19(12-15)28-10-4-9-27-18/h7-8,12,14,16-17H,2-6,9-11,13H2,1H3,(H,22,24)/t14-,16+,17+/m1/s1. The molecule has 0 radical (unpaired) electrons. The normalized spacial score (nSPS) is 26.8. The van der Waals surface area contributed by atoms with Crippen molar-refractivity contribution in [2.45, 2.75) is 50.6 Å². The molecule has 2 fully saturated rings. The molecule has 1 aromatic carbocycles. The van der Waals surface area contributed by atoms with Gasteiger partial charge in [0.05, 0.1) is 26.9 Å². The monoisotopic (exact) mass is 388 g/mol. The first-order chi connectivity index (χ1) is 13.7. The van der Waals surface area contributed by atoms with Crippen LogP contribution in [0.1, 0.15) is 38.5 Å². The Morgan fingerprint density at radius 2 is 1.93 bits per heavy atom. The number of benzene rings is 1. The van der Waals surface area contributed by atoms with E-state index in [0.717, 1.165) is 32.1 Å². The van der Waals surface area contributed by atoms with Crippen molar-refractivity contribution in [3.8, 4) is 11.5 Å². The Balaban J connectivity index is 1.44. The summed E-state index contributed by atoms with van der Waals surface area (Å²) in [5, 5.41) is 2.94. The molecule has 3 aliphatic rings. The van der Waals surface area contributed by atoms with E-state index in [4.69, 9.17) is 14.2 Å². The summed E-state index contributed by atoms with van der Waals surface area (Å²) in [6, 6.07) is 5.39. The predicted molar refractivity (Wildman–Crippen MR) is 104 cm³/mol. The molecule has 1 aliphatic carbocycles. The van der Waals surface area contributed by atoms with Crippen LogP contribution in [0.4, 0.5) is 5.69 Å². The Morgan fingerprint density at radius 3 is 2.75 bits per heavy atom. The molecule has 1 amide bonds. The lowest BCUT2D eigenvalue weighted by atomic mass is 9.85. The number of ether oxygens (including phenoxy) is 3. The lowest BCUT2D eigenvalue weighted by molar-refractivity contribution is -0.146. The van der Waals surface area contributed by atoms with Crippen LogP contribution in [0.15, 0.2) is 18.2 Å². The topological polar surface area (TPSA) is 77.1 Å². The Labute approximate surface area is 165 Å². The van der Waals surface area contributed by atoms with E-state index in [2.05, 4.69) is 5.32 Å². The number of esters is 1. The summed E-state index contributed by atoms with van der Waals surface area (Å²) in [7, 11) is 1.42. The number of nitrogens with one attached hydrogen (secondary N) is 1. The Bertz CT molecular complexity index is 738. The first-order valence-electron chi connectivity index (χ1n) is 10.2. The van der Waals surface area contributed by atoms with E-state index < -0.39 is 0 Å². The highest BCUT2D eigenvalue weighted by Gasteiger charge is 2.46. The number of fused-ring (bicyclic) bond motifs is 2. The lowest BCUT2D eigenvalue weighted by Crippen LogP contribution is -2.46. The van der Waals surface area contributed by atoms with Gasteiger partial charge in [0.1, 0.15) is 6.04 Å². The zero-order chi connectivity index (χ0) is 19.5. The van der Waals surface area contributed by atoms with Gasteiger partial charge < -0.3 is 19.5 Å². The first-order valence-corrected chi connectivity index (χ1v) is 10.2.